The summed E-state index contributed by atoms with van der Waals surface area (Å²) in [6, 6.07) is 17.0. The maximum Gasteiger partial charge on any atom is 0.410 e. The summed E-state index contributed by atoms with van der Waals surface area (Å²) in [7, 11) is 2.52. The van der Waals surface area contributed by atoms with Gasteiger partial charge in [-0.05, 0) is 30.4 Å². The second-order valence-corrected chi connectivity index (χ2v) is 11.2. The third-order valence-corrected chi connectivity index (χ3v) is 7.81. The minimum atomic E-state index is -0.807. The number of aliphatic hydroxyl groups is 1. The Hall–Kier alpha value is -4.69. The topological polar surface area (TPSA) is 167 Å². The number of rotatable bonds is 9. The minimum Gasteiger partial charge on any atom is -0.467 e. The summed E-state index contributed by atoms with van der Waals surface area (Å²) in [5.41, 5.74) is 1.71. The van der Waals surface area contributed by atoms with Gasteiger partial charge < -0.3 is 33.5 Å². The number of methoxy groups -OCH3 is 2. The van der Waals surface area contributed by atoms with Crippen molar-refractivity contribution >= 4 is 30.6 Å². The molecule has 3 saturated heterocycles. The summed E-state index contributed by atoms with van der Waals surface area (Å²) in [6.07, 6.45) is 1.41. The van der Waals surface area contributed by atoms with Gasteiger partial charge in [0.2, 0.25) is 0 Å². The van der Waals surface area contributed by atoms with Crippen LogP contribution in [-0.2, 0) is 56.0 Å². The summed E-state index contributed by atoms with van der Waals surface area (Å²) < 4.78 is 29.6. The van der Waals surface area contributed by atoms with Crippen molar-refractivity contribution in [1.82, 2.24) is 9.80 Å². The van der Waals surface area contributed by atoms with Gasteiger partial charge in [0.25, 0.3) is 6.47 Å². The highest BCUT2D eigenvalue weighted by Gasteiger charge is 2.42. The third kappa shape index (κ3) is 11.8. The zero-order chi connectivity index (χ0) is 34.7. The van der Waals surface area contributed by atoms with Gasteiger partial charge in [0.1, 0.15) is 31.4 Å². The predicted octanol–water partition coefficient (Wildman–Crippen LogP) is 3.09. The highest BCUT2D eigenvalue weighted by atomic mass is 16.6. The highest BCUT2D eigenvalue weighted by molar-refractivity contribution is 5.83. The number of carbonyl (C=O) groups excluding carboxylic acids is 5. The van der Waals surface area contributed by atoms with Crippen molar-refractivity contribution in [2.45, 2.75) is 57.1 Å². The van der Waals surface area contributed by atoms with E-state index in [9.17, 15) is 29.1 Å². The molecule has 0 spiro atoms. The highest BCUT2D eigenvalue weighted by Crippen LogP contribution is 2.25. The molecule has 0 bridgehead atoms. The molecule has 3 fully saturated rings. The lowest BCUT2D eigenvalue weighted by atomic mass is 10.1. The molecule has 1 N–H and O–H groups in total. The van der Waals surface area contributed by atoms with Crippen LogP contribution in [0.25, 0.3) is 0 Å². The maximum atomic E-state index is 12.2. The number of nitrogens with zero attached hydrogens (tertiary/aromatic N) is 2. The van der Waals surface area contributed by atoms with Gasteiger partial charge in [0.05, 0.1) is 20.8 Å². The Morgan fingerprint density at radius 3 is 1.67 bits per heavy atom. The lowest BCUT2D eigenvalue weighted by Crippen LogP contribution is -2.41. The Kier molecular flexibility index (Phi) is 16.1. The molecule has 3 aliphatic heterocycles. The Balaban J connectivity index is 0.000000227. The van der Waals surface area contributed by atoms with E-state index < -0.39 is 42.3 Å². The summed E-state index contributed by atoms with van der Waals surface area (Å²) in [5, 5.41) is 9.21. The van der Waals surface area contributed by atoms with E-state index in [0.717, 1.165) is 24.3 Å². The van der Waals surface area contributed by atoms with Crippen LogP contribution in [0.3, 0.4) is 0 Å². The van der Waals surface area contributed by atoms with E-state index in [-0.39, 0.29) is 38.7 Å². The Morgan fingerprint density at radius 2 is 1.25 bits per heavy atom. The van der Waals surface area contributed by atoms with Gasteiger partial charge in [0, 0.05) is 38.7 Å². The molecular formula is C34H44N2O12. The van der Waals surface area contributed by atoms with E-state index in [1.54, 1.807) is 0 Å². The second kappa shape index (κ2) is 20.5. The van der Waals surface area contributed by atoms with Crippen LogP contribution >= 0.6 is 0 Å². The number of carbonyl (C=O) groups is 5. The predicted molar refractivity (Wildman–Crippen MR) is 169 cm³/mol. The van der Waals surface area contributed by atoms with E-state index in [1.165, 1.54) is 36.9 Å². The molecule has 262 valence electrons. The molecule has 3 aliphatic rings. The fourth-order valence-electron chi connectivity index (χ4n) is 5.27. The van der Waals surface area contributed by atoms with Crippen LogP contribution in [0.5, 0.6) is 0 Å². The molecule has 14 nitrogen and oxygen atoms in total. The minimum absolute atomic E-state index is 0.0735. The van der Waals surface area contributed by atoms with E-state index in [2.05, 4.69) is 4.74 Å². The number of amides is 2. The quantitative estimate of drug-likeness (QED) is 0.235. The maximum absolute atomic E-state index is 12.2. The molecule has 0 aromatic heterocycles. The SMILES string of the molecule is C1CCOC1.COC(=O)[C@@H]1C[C@H](CO)CN1C(=O)OCc1ccccc1.COC(=O)[C@@H]1C[C@H](OC=O)CN1C(=O)OCc1ccccc1. The van der Waals surface area contributed by atoms with E-state index in [1.807, 2.05) is 60.7 Å². The lowest BCUT2D eigenvalue weighted by molar-refractivity contribution is -0.146. The average Bonchev–Trinajstić information content (AvgIpc) is 3.93. The lowest BCUT2D eigenvalue weighted by Gasteiger charge is -2.22. The van der Waals surface area contributed by atoms with Gasteiger partial charge >= 0.3 is 24.1 Å². The van der Waals surface area contributed by atoms with Gasteiger partial charge in [-0.3, -0.25) is 14.6 Å². The van der Waals surface area contributed by atoms with E-state index in [4.69, 9.17) is 23.7 Å². The van der Waals surface area contributed by atoms with Crippen molar-refractivity contribution in [3.63, 3.8) is 0 Å². The van der Waals surface area contributed by atoms with Crippen LogP contribution in [-0.4, -0.2) is 111 Å². The average molecular weight is 673 g/mol. The van der Waals surface area contributed by atoms with E-state index >= 15 is 0 Å². The number of hydrogen-bond donors (Lipinski definition) is 1. The van der Waals surface area contributed by atoms with Crippen LogP contribution in [0.4, 0.5) is 9.59 Å². The van der Waals surface area contributed by atoms with Gasteiger partial charge in [-0.2, -0.15) is 0 Å². The van der Waals surface area contributed by atoms with Crippen LogP contribution < -0.4 is 0 Å². The first-order valence-electron chi connectivity index (χ1n) is 15.7. The molecule has 2 amide bonds. The van der Waals surface area contributed by atoms with Crippen molar-refractivity contribution < 1.29 is 57.5 Å². The van der Waals surface area contributed by atoms with Gasteiger partial charge in [-0.25, -0.2) is 19.2 Å². The van der Waals surface area contributed by atoms with Crippen molar-refractivity contribution in [2.24, 2.45) is 5.92 Å². The van der Waals surface area contributed by atoms with Crippen molar-refractivity contribution in [2.75, 3.05) is 47.1 Å². The van der Waals surface area contributed by atoms with Crippen LogP contribution in [0.15, 0.2) is 60.7 Å². The number of hydrogen-bond acceptors (Lipinski definition) is 12. The molecule has 14 heteroatoms. The molecule has 0 unspecified atom stereocenters. The molecule has 3 heterocycles. The second-order valence-electron chi connectivity index (χ2n) is 11.2. The third-order valence-electron chi connectivity index (χ3n) is 7.81. The largest absolute Gasteiger partial charge is 0.467 e. The standard InChI is InChI=1S/C15H17NO6.C15H19NO5.C4H8O/c1-20-14(18)13-7-12(22-10-17)8-16(13)15(19)21-9-11-5-3-2-4-6-11;1-20-14(18)13-7-12(9-17)8-16(13)15(19)21-10-11-5-3-2-4-6-11;1-2-4-5-3-1/h2-6,10,12-13H,7-9H2,1H3;2-6,12-13,17H,7-10H2,1H3;1-4H2/t2*12-,13-;/m00./s1. The zero-order valence-corrected chi connectivity index (χ0v) is 27.3. The van der Waals surface area contributed by atoms with E-state index in [0.29, 0.717) is 19.4 Å². The molecule has 0 radical (unpaired) electrons. The van der Waals surface area contributed by atoms with Crippen molar-refractivity contribution in [1.29, 1.82) is 0 Å². The van der Waals surface area contributed by atoms with Crippen molar-refractivity contribution in [3.8, 4) is 0 Å². The first kappa shape index (κ1) is 37.8. The summed E-state index contributed by atoms with van der Waals surface area (Å²) in [4.78, 5) is 60.7. The fourth-order valence-corrected chi connectivity index (χ4v) is 5.27. The fraction of sp³-hybridized carbons (Fsp3) is 0.500. The molecular weight excluding hydrogens is 628 g/mol. The number of esters is 2. The number of ether oxygens (including phenoxy) is 6. The molecule has 4 atom stereocenters. The monoisotopic (exact) mass is 672 g/mol. The van der Waals surface area contributed by atoms with Crippen LogP contribution in [0.1, 0.15) is 36.8 Å². The van der Waals surface area contributed by atoms with Crippen molar-refractivity contribution in [3.05, 3.63) is 71.8 Å². The molecule has 48 heavy (non-hydrogen) atoms. The normalized spacial score (nSPS) is 21.1. The van der Waals surface area contributed by atoms with Gasteiger partial charge in [0.15, 0.2) is 0 Å². The molecule has 2 aromatic carbocycles. The first-order valence-corrected chi connectivity index (χ1v) is 15.7. The summed E-state index contributed by atoms with van der Waals surface area (Å²) in [6.45, 7) is 2.88. The zero-order valence-electron chi connectivity index (χ0n) is 27.3. The smallest absolute Gasteiger partial charge is 0.410 e. The van der Waals surface area contributed by atoms with Gasteiger partial charge in [-0.15, -0.1) is 0 Å². The molecule has 0 saturated carbocycles. The molecule has 5 rings (SSSR count). The molecule has 0 aliphatic carbocycles. The Bertz CT molecular complexity index is 1280. The molecule has 2 aromatic rings. The summed E-state index contributed by atoms with van der Waals surface area (Å²) in [5.74, 6) is -1.17. The Labute approximate surface area is 279 Å². The van der Waals surface area contributed by atoms with Gasteiger partial charge in [-0.1, -0.05) is 60.7 Å². The first-order chi connectivity index (χ1) is 23.3. The number of likely N-dealkylation sites (tertiary alicyclic amines) is 2. The van der Waals surface area contributed by atoms with Crippen LogP contribution in [0, 0.1) is 5.92 Å². The number of aliphatic hydroxyl groups excluding tert-OH is 1. The summed E-state index contributed by atoms with van der Waals surface area (Å²) >= 11 is 0. The Morgan fingerprint density at radius 1 is 0.771 bits per heavy atom. The van der Waals surface area contributed by atoms with Crippen LogP contribution in [0.2, 0.25) is 0 Å². The number of benzene rings is 2.